The van der Waals surface area contributed by atoms with Crippen molar-refractivity contribution < 1.29 is 19.1 Å². The van der Waals surface area contributed by atoms with Gasteiger partial charge in [-0.1, -0.05) is 52.0 Å². The molecule has 0 aromatic heterocycles. The molecular formula is C35H43NO4. The maximum Gasteiger partial charge on any atom is 0.162 e. The van der Waals surface area contributed by atoms with E-state index in [1.807, 2.05) is 32.2 Å². The molecule has 1 aliphatic heterocycles. The molecule has 0 saturated carbocycles. The van der Waals surface area contributed by atoms with Gasteiger partial charge in [0.1, 0.15) is 6.61 Å². The van der Waals surface area contributed by atoms with Crippen LogP contribution in [-0.4, -0.2) is 30.1 Å². The molecule has 5 rings (SSSR count). The van der Waals surface area contributed by atoms with Gasteiger partial charge >= 0.3 is 0 Å². The van der Waals surface area contributed by atoms with Crippen molar-refractivity contribution in [1.29, 1.82) is 0 Å². The minimum atomic E-state index is -0.388. The Labute approximate surface area is 239 Å². The minimum absolute atomic E-state index is 0.122. The Kier molecular flexibility index (Phi) is 7.22. The van der Waals surface area contributed by atoms with Crippen LogP contribution in [-0.2, 0) is 16.2 Å². The molecule has 5 heteroatoms. The summed E-state index contributed by atoms with van der Waals surface area (Å²) in [6, 6.07) is 12.3. The Morgan fingerprint density at radius 2 is 1.38 bits per heavy atom. The summed E-state index contributed by atoms with van der Waals surface area (Å²) in [4.78, 5) is 29.8. The van der Waals surface area contributed by atoms with Crippen LogP contribution in [0.2, 0.25) is 0 Å². The van der Waals surface area contributed by atoms with Gasteiger partial charge in [-0.05, 0) is 78.8 Å². The molecule has 212 valence electrons. The van der Waals surface area contributed by atoms with Gasteiger partial charge in [-0.25, -0.2) is 0 Å². The van der Waals surface area contributed by atoms with Gasteiger partial charge in [0, 0.05) is 48.3 Å². The van der Waals surface area contributed by atoms with E-state index in [0.29, 0.717) is 37.6 Å². The molecule has 2 aliphatic carbocycles. The number of nitrogens with zero attached hydrogens (tertiary/aromatic N) is 1. The van der Waals surface area contributed by atoms with E-state index in [1.54, 1.807) is 0 Å². The number of ether oxygens (including phenoxy) is 2. The van der Waals surface area contributed by atoms with E-state index >= 15 is 0 Å². The van der Waals surface area contributed by atoms with Crippen molar-refractivity contribution in [3.05, 3.63) is 81.2 Å². The summed E-state index contributed by atoms with van der Waals surface area (Å²) in [6.45, 7) is 15.7. The first-order chi connectivity index (χ1) is 18.8. The van der Waals surface area contributed by atoms with Crippen LogP contribution in [0.25, 0.3) is 0 Å². The molecule has 0 fully saturated rings. The predicted molar refractivity (Wildman–Crippen MR) is 158 cm³/mol. The number of benzene rings is 2. The number of carbonyl (C=O) groups excluding carboxylic acids is 2. The minimum Gasteiger partial charge on any atom is -0.490 e. The summed E-state index contributed by atoms with van der Waals surface area (Å²) in [6.07, 6.45) is 2.58. The Balaban J connectivity index is 1.59. The first-order valence-electron chi connectivity index (χ1n) is 14.5. The Morgan fingerprint density at radius 3 is 1.93 bits per heavy atom. The third-order valence-corrected chi connectivity index (χ3v) is 8.75. The van der Waals surface area contributed by atoms with Crippen LogP contribution in [0.5, 0.6) is 11.5 Å². The first-order valence-corrected chi connectivity index (χ1v) is 14.5. The highest BCUT2D eigenvalue weighted by atomic mass is 16.5. The molecule has 3 aliphatic rings. The molecule has 2 aromatic carbocycles. The van der Waals surface area contributed by atoms with Gasteiger partial charge in [-0.3, -0.25) is 9.59 Å². The zero-order chi connectivity index (χ0) is 29.0. The van der Waals surface area contributed by atoms with Crippen molar-refractivity contribution >= 4 is 11.6 Å². The topological polar surface area (TPSA) is 55.8 Å². The highest BCUT2D eigenvalue weighted by molar-refractivity contribution is 6.06. The molecule has 0 saturated heterocycles. The van der Waals surface area contributed by atoms with E-state index in [0.717, 1.165) is 46.5 Å². The average molecular weight is 542 g/mol. The molecule has 0 amide bonds. The number of carbonyl (C=O) groups is 2. The van der Waals surface area contributed by atoms with E-state index in [4.69, 9.17) is 9.47 Å². The molecule has 0 spiro atoms. The van der Waals surface area contributed by atoms with Crippen LogP contribution in [0.4, 0.5) is 0 Å². The fourth-order valence-corrected chi connectivity index (χ4v) is 6.64. The van der Waals surface area contributed by atoms with Crippen molar-refractivity contribution in [1.82, 2.24) is 4.90 Å². The summed E-state index contributed by atoms with van der Waals surface area (Å²) >= 11 is 0. The second-order valence-corrected chi connectivity index (χ2v) is 13.4. The number of rotatable bonds is 6. The standard InChI is InChI=1S/C35H43NO4/c1-9-39-30-15-24(12-13-29(30)40-20-23-11-10-21(2)22(3)14-23)31-32-25(16-34(4,5)18-27(32)37)36(8)26-17-35(6,7)19-28(38)33(26)31/h10-15,31H,9,16-20H2,1-8H3. The van der Waals surface area contributed by atoms with Gasteiger partial charge in [-0.2, -0.15) is 0 Å². The second-order valence-electron chi connectivity index (χ2n) is 13.4. The number of hydrogen-bond acceptors (Lipinski definition) is 5. The third-order valence-electron chi connectivity index (χ3n) is 8.75. The van der Waals surface area contributed by atoms with Gasteiger partial charge in [-0.15, -0.1) is 0 Å². The van der Waals surface area contributed by atoms with Gasteiger partial charge in [0.2, 0.25) is 0 Å². The molecule has 0 unspecified atom stereocenters. The quantitative estimate of drug-likeness (QED) is 0.377. The van der Waals surface area contributed by atoms with E-state index in [2.05, 4.69) is 64.6 Å². The number of Topliss-reactive ketones (excluding diaryl/α,β-unsaturated/α-hetero) is 2. The molecule has 1 heterocycles. The summed E-state index contributed by atoms with van der Waals surface area (Å²) in [5, 5.41) is 0. The third kappa shape index (κ3) is 5.23. The van der Waals surface area contributed by atoms with Crippen LogP contribution >= 0.6 is 0 Å². The first kappa shape index (κ1) is 28.2. The normalized spacial score (nSPS) is 20.4. The summed E-state index contributed by atoms with van der Waals surface area (Å²) in [5.41, 5.74) is 7.93. The van der Waals surface area contributed by atoms with Gasteiger partial charge in [0.25, 0.3) is 0 Å². The maximum atomic E-state index is 13.8. The highest BCUT2D eigenvalue weighted by Gasteiger charge is 2.48. The van der Waals surface area contributed by atoms with Crippen molar-refractivity contribution in [3.63, 3.8) is 0 Å². The Bertz CT molecular complexity index is 1390. The number of aryl methyl sites for hydroxylation is 2. The maximum absolute atomic E-state index is 13.8. The zero-order valence-electron chi connectivity index (χ0n) is 25.4. The SMILES string of the molecule is CCOc1cc(C2C3=C(CC(C)(C)CC3=O)N(C)C3=C2C(=O)CC(C)(C)C3)ccc1OCc1ccc(C)c(C)c1. The van der Waals surface area contributed by atoms with Crippen molar-refractivity contribution in [2.24, 2.45) is 10.8 Å². The summed E-state index contributed by atoms with van der Waals surface area (Å²) < 4.78 is 12.3. The van der Waals surface area contributed by atoms with E-state index in [-0.39, 0.29) is 28.3 Å². The number of ketones is 2. The van der Waals surface area contributed by atoms with Crippen molar-refractivity contribution in [2.75, 3.05) is 13.7 Å². The number of hydrogen-bond donors (Lipinski definition) is 0. The van der Waals surface area contributed by atoms with Gasteiger partial charge < -0.3 is 14.4 Å². The Morgan fingerprint density at radius 1 is 0.775 bits per heavy atom. The lowest BCUT2D eigenvalue weighted by Gasteiger charge is -2.47. The fourth-order valence-electron chi connectivity index (χ4n) is 6.64. The van der Waals surface area contributed by atoms with Gasteiger partial charge in [0.15, 0.2) is 23.1 Å². The average Bonchev–Trinajstić information content (AvgIpc) is 2.85. The van der Waals surface area contributed by atoms with E-state index < -0.39 is 0 Å². The van der Waals surface area contributed by atoms with E-state index in [1.165, 1.54) is 11.1 Å². The predicted octanol–water partition coefficient (Wildman–Crippen LogP) is 7.60. The molecule has 5 nitrogen and oxygen atoms in total. The van der Waals surface area contributed by atoms with Crippen molar-refractivity contribution in [3.8, 4) is 11.5 Å². The monoisotopic (exact) mass is 541 g/mol. The molecular weight excluding hydrogens is 498 g/mol. The van der Waals surface area contributed by atoms with Crippen LogP contribution in [0.1, 0.15) is 88.5 Å². The molecule has 0 N–H and O–H groups in total. The molecule has 40 heavy (non-hydrogen) atoms. The van der Waals surface area contributed by atoms with Crippen molar-refractivity contribution in [2.45, 2.75) is 86.7 Å². The van der Waals surface area contributed by atoms with Crippen LogP contribution in [0, 0.1) is 24.7 Å². The van der Waals surface area contributed by atoms with E-state index in [9.17, 15) is 9.59 Å². The molecule has 0 bridgehead atoms. The fraction of sp³-hybridized carbons (Fsp3) is 0.486. The van der Waals surface area contributed by atoms with Crippen LogP contribution in [0.3, 0.4) is 0 Å². The molecule has 0 radical (unpaired) electrons. The summed E-state index contributed by atoms with van der Waals surface area (Å²) in [5.74, 6) is 1.19. The summed E-state index contributed by atoms with van der Waals surface area (Å²) in [7, 11) is 2.04. The van der Waals surface area contributed by atoms with Crippen LogP contribution < -0.4 is 9.47 Å². The smallest absolute Gasteiger partial charge is 0.162 e. The Hall–Kier alpha value is -3.34. The van der Waals surface area contributed by atoms with Gasteiger partial charge in [0.05, 0.1) is 6.61 Å². The molecule has 0 atom stereocenters. The highest BCUT2D eigenvalue weighted by Crippen LogP contribution is 2.54. The second kappa shape index (κ2) is 10.2. The lowest BCUT2D eigenvalue weighted by Crippen LogP contribution is -2.43. The largest absolute Gasteiger partial charge is 0.490 e. The number of allylic oxidation sites excluding steroid dienone is 4. The molecule has 2 aromatic rings. The zero-order valence-corrected chi connectivity index (χ0v) is 25.4. The lowest BCUT2D eigenvalue weighted by atomic mass is 9.64. The van der Waals surface area contributed by atoms with Crippen LogP contribution in [0.15, 0.2) is 58.9 Å². The lowest BCUT2D eigenvalue weighted by molar-refractivity contribution is -0.119.